The van der Waals surface area contributed by atoms with Crippen LogP contribution in [-0.4, -0.2) is 62.6 Å². The van der Waals surface area contributed by atoms with Gasteiger partial charge in [-0.25, -0.2) is 0 Å². The van der Waals surface area contributed by atoms with E-state index >= 15 is 0 Å². The molecule has 126 valence electrons. The number of piperidine rings is 1. The highest BCUT2D eigenvalue weighted by Crippen LogP contribution is 2.18. The number of carbonyl (C=O) groups is 1. The molecule has 1 saturated carbocycles. The lowest BCUT2D eigenvalue weighted by Gasteiger charge is -2.26. The van der Waals surface area contributed by atoms with Crippen LogP contribution in [0, 0.1) is 0 Å². The second kappa shape index (κ2) is 9.66. The molecule has 6 nitrogen and oxygen atoms in total. The largest absolute Gasteiger partial charge is 0.356 e. The molecule has 0 aromatic rings. The molecule has 3 N–H and O–H groups in total. The maximum Gasteiger partial charge on any atom is 0.220 e. The molecule has 0 atom stereocenters. The molecule has 0 spiro atoms. The Morgan fingerprint density at radius 2 is 1.86 bits per heavy atom. The summed E-state index contributed by atoms with van der Waals surface area (Å²) in [6.45, 7) is 5.22. The predicted molar refractivity (Wildman–Crippen MR) is 90.1 cm³/mol. The van der Waals surface area contributed by atoms with Crippen molar-refractivity contribution in [3.63, 3.8) is 0 Å². The Balaban J connectivity index is 1.48. The number of amides is 1. The molecule has 1 saturated heterocycles. The van der Waals surface area contributed by atoms with Crippen molar-refractivity contribution in [3.05, 3.63) is 0 Å². The number of rotatable bonds is 8. The Labute approximate surface area is 134 Å². The van der Waals surface area contributed by atoms with Gasteiger partial charge >= 0.3 is 0 Å². The molecule has 0 unspecified atom stereocenters. The van der Waals surface area contributed by atoms with Crippen LogP contribution in [0.2, 0.25) is 0 Å². The molecule has 2 aliphatic rings. The Kier molecular flexibility index (Phi) is 7.49. The maximum atomic E-state index is 11.6. The maximum absolute atomic E-state index is 11.6. The monoisotopic (exact) mass is 309 g/mol. The van der Waals surface area contributed by atoms with Gasteiger partial charge in [0, 0.05) is 39.1 Å². The molecule has 22 heavy (non-hydrogen) atoms. The summed E-state index contributed by atoms with van der Waals surface area (Å²) in [7, 11) is 1.79. The van der Waals surface area contributed by atoms with Crippen LogP contribution in [0.25, 0.3) is 0 Å². The Hall–Kier alpha value is -1.30. The minimum Gasteiger partial charge on any atom is -0.356 e. The number of likely N-dealkylation sites (tertiary alicyclic amines) is 1. The van der Waals surface area contributed by atoms with E-state index in [0.29, 0.717) is 12.5 Å². The van der Waals surface area contributed by atoms with E-state index in [-0.39, 0.29) is 5.91 Å². The highest BCUT2D eigenvalue weighted by Gasteiger charge is 2.22. The van der Waals surface area contributed by atoms with Gasteiger partial charge in [-0.15, -0.1) is 0 Å². The lowest BCUT2D eigenvalue weighted by Crippen LogP contribution is -2.43. The summed E-state index contributed by atoms with van der Waals surface area (Å²) < 4.78 is 0. The third kappa shape index (κ3) is 7.11. The lowest BCUT2D eigenvalue weighted by atomic mass is 10.1. The van der Waals surface area contributed by atoms with Crippen LogP contribution in [0.4, 0.5) is 0 Å². The van der Waals surface area contributed by atoms with E-state index in [1.165, 1.54) is 32.4 Å². The zero-order chi connectivity index (χ0) is 15.6. The standard InChI is InChI=1S/C16H31N5O/c1-17-16(19-10-13-21-11-3-2-4-12-21)18-9-5-6-15(22)20-14-7-8-14/h14H,2-13H2,1H3,(H,20,22)(H2,17,18,19). The third-order valence-electron chi connectivity index (χ3n) is 4.21. The summed E-state index contributed by atoms with van der Waals surface area (Å²) >= 11 is 0. The molecule has 2 rings (SSSR count). The summed E-state index contributed by atoms with van der Waals surface area (Å²) in [5.41, 5.74) is 0. The molecule has 0 radical (unpaired) electrons. The van der Waals surface area contributed by atoms with Gasteiger partial charge in [-0.3, -0.25) is 9.79 Å². The minimum atomic E-state index is 0.178. The lowest BCUT2D eigenvalue weighted by molar-refractivity contribution is -0.121. The van der Waals surface area contributed by atoms with Crippen molar-refractivity contribution in [3.8, 4) is 0 Å². The van der Waals surface area contributed by atoms with E-state index in [1.54, 1.807) is 7.05 Å². The van der Waals surface area contributed by atoms with Gasteiger partial charge in [-0.1, -0.05) is 6.42 Å². The molecule has 1 aliphatic heterocycles. The second-order valence-electron chi connectivity index (χ2n) is 6.27. The van der Waals surface area contributed by atoms with E-state index in [1.807, 2.05) is 0 Å². The number of nitrogens with one attached hydrogen (secondary N) is 3. The Morgan fingerprint density at radius 1 is 1.14 bits per heavy atom. The molecule has 1 heterocycles. The number of aliphatic imine (C=N–C) groups is 1. The average molecular weight is 309 g/mol. The van der Waals surface area contributed by atoms with E-state index in [9.17, 15) is 4.79 Å². The third-order valence-corrected chi connectivity index (χ3v) is 4.21. The average Bonchev–Trinajstić information content (AvgIpc) is 3.34. The van der Waals surface area contributed by atoms with E-state index in [2.05, 4.69) is 25.8 Å². The number of carbonyl (C=O) groups excluding carboxylic acids is 1. The Bertz CT molecular complexity index is 362. The fraction of sp³-hybridized carbons (Fsp3) is 0.875. The summed E-state index contributed by atoms with van der Waals surface area (Å²) in [5, 5.41) is 9.62. The zero-order valence-corrected chi connectivity index (χ0v) is 13.9. The SMILES string of the molecule is CN=C(NCCCC(=O)NC1CC1)NCCN1CCCCC1. The summed E-state index contributed by atoms with van der Waals surface area (Å²) in [6, 6.07) is 0.463. The number of nitrogens with zero attached hydrogens (tertiary/aromatic N) is 2. The molecule has 0 aromatic carbocycles. The molecule has 1 aliphatic carbocycles. The van der Waals surface area contributed by atoms with Gasteiger partial charge in [0.2, 0.25) is 5.91 Å². The first-order valence-corrected chi connectivity index (χ1v) is 8.74. The Morgan fingerprint density at radius 3 is 2.55 bits per heavy atom. The number of guanidine groups is 1. The summed E-state index contributed by atoms with van der Waals surface area (Å²) in [4.78, 5) is 18.3. The van der Waals surface area contributed by atoms with Crippen molar-refractivity contribution >= 4 is 11.9 Å². The molecular formula is C16H31N5O. The highest BCUT2D eigenvalue weighted by atomic mass is 16.1. The molecule has 0 aromatic heterocycles. The van der Waals surface area contributed by atoms with Gasteiger partial charge in [0.15, 0.2) is 5.96 Å². The predicted octanol–water partition coefficient (Wildman–Crippen LogP) is 0.696. The molecular weight excluding hydrogens is 278 g/mol. The van der Waals surface area contributed by atoms with Gasteiger partial charge in [0.25, 0.3) is 0 Å². The molecule has 1 amide bonds. The van der Waals surface area contributed by atoms with Crippen molar-refractivity contribution in [1.82, 2.24) is 20.9 Å². The van der Waals surface area contributed by atoms with Crippen molar-refractivity contribution in [1.29, 1.82) is 0 Å². The van der Waals surface area contributed by atoms with Crippen LogP contribution in [-0.2, 0) is 4.79 Å². The van der Waals surface area contributed by atoms with Crippen LogP contribution < -0.4 is 16.0 Å². The minimum absolute atomic E-state index is 0.178. The summed E-state index contributed by atoms with van der Waals surface area (Å²) in [5.74, 6) is 1.01. The van der Waals surface area contributed by atoms with E-state index in [0.717, 1.165) is 44.9 Å². The highest BCUT2D eigenvalue weighted by molar-refractivity contribution is 5.80. The van der Waals surface area contributed by atoms with Crippen molar-refractivity contribution in [2.24, 2.45) is 4.99 Å². The fourth-order valence-corrected chi connectivity index (χ4v) is 2.72. The van der Waals surface area contributed by atoms with Crippen molar-refractivity contribution < 1.29 is 4.79 Å². The van der Waals surface area contributed by atoms with E-state index in [4.69, 9.17) is 0 Å². The first-order chi connectivity index (χ1) is 10.8. The second-order valence-corrected chi connectivity index (χ2v) is 6.27. The normalized spacial score (nSPS) is 19.8. The van der Waals surface area contributed by atoms with Crippen LogP contribution in [0.15, 0.2) is 4.99 Å². The van der Waals surface area contributed by atoms with E-state index < -0.39 is 0 Å². The fourth-order valence-electron chi connectivity index (χ4n) is 2.72. The molecule has 6 heteroatoms. The topological polar surface area (TPSA) is 68.8 Å². The number of hydrogen-bond donors (Lipinski definition) is 3. The van der Waals surface area contributed by atoms with Crippen LogP contribution in [0.5, 0.6) is 0 Å². The van der Waals surface area contributed by atoms with Gasteiger partial charge in [-0.2, -0.15) is 0 Å². The van der Waals surface area contributed by atoms with Crippen LogP contribution in [0.3, 0.4) is 0 Å². The quantitative estimate of drug-likeness (QED) is 0.351. The molecule has 0 bridgehead atoms. The van der Waals surface area contributed by atoms with Crippen LogP contribution >= 0.6 is 0 Å². The van der Waals surface area contributed by atoms with Crippen LogP contribution in [0.1, 0.15) is 44.9 Å². The van der Waals surface area contributed by atoms with Gasteiger partial charge in [0.1, 0.15) is 0 Å². The smallest absolute Gasteiger partial charge is 0.220 e. The van der Waals surface area contributed by atoms with Gasteiger partial charge < -0.3 is 20.9 Å². The van der Waals surface area contributed by atoms with Gasteiger partial charge in [-0.05, 0) is 45.2 Å². The van der Waals surface area contributed by atoms with Gasteiger partial charge in [0.05, 0.1) is 0 Å². The summed E-state index contributed by atoms with van der Waals surface area (Å²) in [6.07, 6.45) is 7.77. The molecule has 2 fully saturated rings. The zero-order valence-electron chi connectivity index (χ0n) is 13.9. The first-order valence-electron chi connectivity index (χ1n) is 8.74. The van der Waals surface area contributed by atoms with Crippen molar-refractivity contribution in [2.45, 2.75) is 51.0 Å². The van der Waals surface area contributed by atoms with Crippen molar-refractivity contribution in [2.75, 3.05) is 39.8 Å². The first kappa shape index (κ1) is 17.1. The number of hydrogen-bond acceptors (Lipinski definition) is 3.